The third-order valence-electron chi connectivity index (χ3n) is 3.63. The summed E-state index contributed by atoms with van der Waals surface area (Å²) in [5, 5.41) is 15.8. The third-order valence-corrected chi connectivity index (χ3v) is 3.63. The van der Waals surface area contributed by atoms with Crippen LogP contribution in [0, 0.1) is 11.8 Å². The van der Waals surface area contributed by atoms with Gasteiger partial charge in [-0.05, 0) is 44.4 Å². The molecule has 3 N–H and O–H groups in total. The van der Waals surface area contributed by atoms with Crippen LogP contribution < -0.4 is 10.6 Å². The highest BCUT2D eigenvalue weighted by molar-refractivity contribution is 5.79. The molecule has 1 unspecified atom stereocenters. The topological polar surface area (TPSA) is 75.1 Å². The molecule has 0 rings (SSSR count). The Labute approximate surface area is 148 Å². The number of aliphatic hydroxyl groups is 1. The fraction of sp³-hybridized carbons (Fsp3) is 0.944. The monoisotopic (exact) mass is 345 g/mol. The van der Waals surface area contributed by atoms with Crippen molar-refractivity contribution >= 4 is 5.96 Å². The predicted octanol–water partition coefficient (Wildman–Crippen LogP) is 2.03. The molecule has 0 radical (unpaired) electrons. The molecule has 0 spiro atoms. The van der Waals surface area contributed by atoms with Gasteiger partial charge in [-0.1, -0.05) is 13.8 Å². The molecule has 0 heterocycles. The minimum atomic E-state index is 0.236. The number of rotatable bonds is 15. The second-order valence-electron chi connectivity index (χ2n) is 6.47. The van der Waals surface area contributed by atoms with E-state index in [4.69, 9.17) is 9.47 Å². The zero-order valence-corrected chi connectivity index (χ0v) is 16.1. The SMILES string of the molecule is CCNC(=NCC(CCO)CC(C)C)NCCCCOCCOC. The number of ether oxygens (including phenoxy) is 2. The molecular formula is C18H39N3O3. The van der Waals surface area contributed by atoms with E-state index in [2.05, 4.69) is 36.4 Å². The lowest BCUT2D eigenvalue weighted by Crippen LogP contribution is -2.38. The van der Waals surface area contributed by atoms with Gasteiger partial charge < -0.3 is 25.2 Å². The number of aliphatic hydroxyl groups excluding tert-OH is 1. The molecule has 0 aliphatic rings. The second kappa shape index (κ2) is 17.0. The van der Waals surface area contributed by atoms with Crippen molar-refractivity contribution in [1.29, 1.82) is 0 Å². The van der Waals surface area contributed by atoms with Crippen molar-refractivity contribution in [1.82, 2.24) is 10.6 Å². The number of guanidine groups is 1. The summed E-state index contributed by atoms with van der Waals surface area (Å²) >= 11 is 0. The van der Waals surface area contributed by atoms with Crippen LogP contribution in [0.5, 0.6) is 0 Å². The molecule has 0 aliphatic carbocycles. The highest BCUT2D eigenvalue weighted by Gasteiger charge is 2.10. The van der Waals surface area contributed by atoms with Gasteiger partial charge >= 0.3 is 0 Å². The molecule has 0 saturated carbocycles. The first-order valence-corrected chi connectivity index (χ1v) is 9.33. The van der Waals surface area contributed by atoms with Gasteiger partial charge in [-0.25, -0.2) is 0 Å². The van der Waals surface area contributed by atoms with Crippen LogP contribution in [0.2, 0.25) is 0 Å². The van der Waals surface area contributed by atoms with Crippen LogP contribution in [-0.2, 0) is 9.47 Å². The molecule has 6 nitrogen and oxygen atoms in total. The molecule has 0 aromatic heterocycles. The summed E-state index contributed by atoms with van der Waals surface area (Å²) < 4.78 is 10.4. The number of unbranched alkanes of at least 4 members (excludes halogenated alkanes) is 1. The lowest BCUT2D eigenvalue weighted by atomic mass is 9.94. The maximum atomic E-state index is 9.20. The summed E-state index contributed by atoms with van der Waals surface area (Å²) in [5.41, 5.74) is 0. The molecular weight excluding hydrogens is 306 g/mol. The minimum absolute atomic E-state index is 0.236. The van der Waals surface area contributed by atoms with Gasteiger partial charge in [0.05, 0.1) is 13.2 Å². The fourth-order valence-corrected chi connectivity index (χ4v) is 2.48. The van der Waals surface area contributed by atoms with E-state index in [1.165, 1.54) is 0 Å². The zero-order valence-electron chi connectivity index (χ0n) is 16.1. The van der Waals surface area contributed by atoms with Crippen LogP contribution in [-0.4, -0.2) is 64.2 Å². The first-order valence-electron chi connectivity index (χ1n) is 9.33. The summed E-state index contributed by atoms with van der Waals surface area (Å²) in [6.07, 6.45) is 3.99. The first kappa shape index (κ1) is 23.1. The van der Waals surface area contributed by atoms with Crippen LogP contribution in [0.15, 0.2) is 4.99 Å². The maximum absolute atomic E-state index is 9.20. The molecule has 0 aromatic rings. The van der Waals surface area contributed by atoms with E-state index < -0.39 is 0 Å². The standard InChI is InChI=1S/C18H39N3O3/c1-5-19-18(20-9-6-7-11-24-13-12-23-4)21-15-17(8-10-22)14-16(2)3/h16-17,22H,5-15H2,1-4H3,(H2,19,20,21). The molecule has 6 heteroatoms. The quantitative estimate of drug-likeness (QED) is 0.241. The Morgan fingerprint density at radius 2 is 1.92 bits per heavy atom. The van der Waals surface area contributed by atoms with E-state index in [9.17, 15) is 5.11 Å². The van der Waals surface area contributed by atoms with Crippen LogP contribution in [0.25, 0.3) is 0 Å². The van der Waals surface area contributed by atoms with Crippen LogP contribution in [0.4, 0.5) is 0 Å². The molecule has 0 bridgehead atoms. The molecule has 0 amide bonds. The van der Waals surface area contributed by atoms with Gasteiger partial charge in [-0.2, -0.15) is 0 Å². The van der Waals surface area contributed by atoms with Crippen molar-refractivity contribution < 1.29 is 14.6 Å². The summed E-state index contributed by atoms with van der Waals surface area (Å²) in [7, 11) is 1.68. The van der Waals surface area contributed by atoms with Crippen molar-refractivity contribution in [2.24, 2.45) is 16.8 Å². The summed E-state index contributed by atoms with van der Waals surface area (Å²) in [6, 6.07) is 0. The average molecular weight is 346 g/mol. The van der Waals surface area contributed by atoms with Crippen LogP contribution in [0.3, 0.4) is 0 Å². The maximum Gasteiger partial charge on any atom is 0.191 e. The van der Waals surface area contributed by atoms with Gasteiger partial charge in [-0.3, -0.25) is 4.99 Å². The Bertz CT molecular complexity index is 299. The third kappa shape index (κ3) is 14.7. The van der Waals surface area contributed by atoms with E-state index in [-0.39, 0.29) is 6.61 Å². The van der Waals surface area contributed by atoms with Gasteiger partial charge in [-0.15, -0.1) is 0 Å². The number of aliphatic imine (C=N–C) groups is 1. The van der Waals surface area contributed by atoms with E-state index in [1.54, 1.807) is 7.11 Å². The van der Waals surface area contributed by atoms with Gasteiger partial charge in [0.15, 0.2) is 5.96 Å². The van der Waals surface area contributed by atoms with E-state index in [1.807, 2.05) is 0 Å². The van der Waals surface area contributed by atoms with E-state index >= 15 is 0 Å². The number of hydrogen-bond acceptors (Lipinski definition) is 4. The van der Waals surface area contributed by atoms with Crippen molar-refractivity contribution in [3.8, 4) is 0 Å². The van der Waals surface area contributed by atoms with Crippen LogP contribution in [0.1, 0.15) is 46.5 Å². The lowest BCUT2D eigenvalue weighted by molar-refractivity contribution is 0.0689. The Hall–Kier alpha value is -0.850. The van der Waals surface area contributed by atoms with E-state index in [0.717, 1.165) is 57.9 Å². The highest BCUT2D eigenvalue weighted by Crippen LogP contribution is 2.15. The molecule has 0 saturated heterocycles. The summed E-state index contributed by atoms with van der Waals surface area (Å²) in [5.74, 6) is 1.94. The lowest BCUT2D eigenvalue weighted by Gasteiger charge is -2.17. The Kier molecular flexibility index (Phi) is 16.4. The molecule has 0 aromatic carbocycles. The Morgan fingerprint density at radius 3 is 2.54 bits per heavy atom. The van der Waals surface area contributed by atoms with Crippen molar-refractivity contribution in [3.63, 3.8) is 0 Å². The van der Waals surface area contributed by atoms with Gasteiger partial charge in [0.25, 0.3) is 0 Å². The predicted molar refractivity (Wildman–Crippen MR) is 101 cm³/mol. The van der Waals surface area contributed by atoms with E-state index in [0.29, 0.717) is 25.0 Å². The molecule has 144 valence electrons. The number of methoxy groups -OCH3 is 1. The normalized spacial score (nSPS) is 13.3. The second-order valence-corrected chi connectivity index (χ2v) is 6.47. The van der Waals surface area contributed by atoms with Crippen molar-refractivity contribution in [2.75, 3.05) is 53.2 Å². The molecule has 0 aliphatic heterocycles. The van der Waals surface area contributed by atoms with Crippen molar-refractivity contribution in [3.05, 3.63) is 0 Å². The average Bonchev–Trinajstić information content (AvgIpc) is 2.54. The minimum Gasteiger partial charge on any atom is -0.396 e. The molecule has 1 atom stereocenters. The Morgan fingerprint density at radius 1 is 1.12 bits per heavy atom. The highest BCUT2D eigenvalue weighted by atomic mass is 16.5. The summed E-state index contributed by atoms with van der Waals surface area (Å²) in [6.45, 7) is 11.3. The Balaban J connectivity index is 4.03. The van der Waals surface area contributed by atoms with Crippen molar-refractivity contribution in [2.45, 2.75) is 46.5 Å². The molecule has 24 heavy (non-hydrogen) atoms. The largest absolute Gasteiger partial charge is 0.396 e. The van der Waals surface area contributed by atoms with Gasteiger partial charge in [0.1, 0.15) is 0 Å². The number of hydrogen-bond donors (Lipinski definition) is 3. The van der Waals surface area contributed by atoms with Crippen LogP contribution >= 0.6 is 0 Å². The smallest absolute Gasteiger partial charge is 0.191 e. The molecule has 0 fully saturated rings. The summed E-state index contributed by atoms with van der Waals surface area (Å²) in [4.78, 5) is 4.68. The van der Waals surface area contributed by atoms with Gasteiger partial charge in [0.2, 0.25) is 0 Å². The number of nitrogens with zero attached hydrogens (tertiary/aromatic N) is 1. The fourth-order valence-electron chi connectivity index (χ4n) is 2.48. The first-order chi connectivity index (χ1) is 11.6. The zero-order chi connectivity index (χ0) is 18.0. The number of nitrogens with one attached hydrogen (secondary N) is 2. The van der Waals surface area contributed by atoms with Gasteiger partial charge in [0, 0.05) is 40.0 Å².